The third kappa shape index (κ3) is 3.84. The van der Waals surface area contributed by atoms with Gasteiger partial charge in [-0.1, -0.05) is 24.3 Å². The van der Waals surface area contributed by atoms with Gasteiger partial charge in [-0.3, -0.25) is 4.79 Å². The highest BCUT2D eigenvalue weighted by Crippen LogP contribution is 2.39. The number of hydrogen-bond acceptors (Lipinski definition) is 6. The van der Waals surface area contributed by atoms with Crippen LogP contribution in [0.5, 0.6) is 0 Å². The number of nitrogens with one attached hydrogen (secondary N) is 1. The first-order valence-corrected chi connectivity index (χ1v) is 11.8. The minimum atomic E-state index is -3.12. The van der Waals surface area contributed by atoms with Crippen molar-refractivity contribution in [2.75, 3.05) is 18.1 Å². The molecule has 2 aliphatic rings. The molecule has 148 valence electrons. The summed E-state index contributed by atoms with van der Waals surface area (Å²) in [6.45, 7) is 1.27. The van der Waals surface area contributed by atoms with Gasteiger partial charge in [0.1, 0.15) is 4.88 Å². The lowest BCUT2D eigenvalue weighted by Crippen LogP contribution is -2.48. The maximum atomic E-state index is 12.4. The van der Waals surface area contributed by atoms with E-state index in [4.69, 9.17) is 4.74 Å². The summed E-state index contributed by atoms with van der Waals surface area (Å²) in [6.07, 6.45) is 2.19. The number of amides is 1. The van der Waals surface area contributed by atoms with Crippen molar-refractivity contribution in [1.82, 2.24) is 5.32 Å². The Balaban J connectivity index is 1.39. The van der Waals surface area contributed by atoms with Crippen molar-refractivity contribution in [2.45, 2.75) is 31.7 Å². The Morgan fingerprint density at radius 3 is 2.71 bits per heavy atom. The van der Waals surface area contributed by atoms with Crippen LogP contribution in [-0.4, -0.2) is 43.9 Å². The quantitative estimate of drug-likeness (QED) is 0.769. The Kier molecular flexibility index (Phi) is 4.79. The molecule has 1 aromatic heterocycles. The maximum Gasteiger partial charge on any atom is 0.348 e. The van der Waals surface area contributed by atoms with Gasteiger partial charge in [-0.25, -0.2) is 13.2 Å². The summed E-state index contributed by atoms with van der Waals surface area (Å²) in [4.78, 5) is 26.1. The fourth-order valence-corrected chi connectivity index (χ4v) is 7.11. The zero-order chi connectivity index (χ0) is 19.9. The lowest BCUT2D eigenvalue weighted by atomic mass is 9.91. The summed E-state index contributed by atoms with van der Waals surface area (Å²) < 4.78 is 28.4. The van der Waals surface area contributed by atoms with E-state index in [1.165, 1.54) is 16.9 Å². The number of esters is 1. The minimum absolute atomic E-state index is 0.0613. The molecule has 0 saturated carbocycles. The molecule has 1 unspecified atom stereocenters. The van der Waals surface area contributed by atoms with Crippen LogP contribution in [0, 0.1) is 0 Å². The zero-order valence-electron chi connectivity index (χ0n) is 15.5. The molecule has 0 radical (unpaired) electrons. The first-order chi connectivity index (χ1) is 13.2. The number of carbonyl (C=O) groups excluding carboxylic acids is 2. The fraction of sp³-hybridized carbons (Fsp3) is 0.400. The van der Waals surface area contributed by atoms with Crippen molar-refractivity contribution in [3.8, 4) is 10.4 Å². The molecule has 2 aromatic rings. The average Bonchev–Trinajstić information content (AvgIpc) is 3.20. The molecule has 1 aromatic carbocycles. The van der Waals surface area contributed by atoms with Crippen molar-refractivity contribution >= 4 is 33.1 Å². The molecule has 2 heterocycles. The van der Waals surface area contributed by atoms with Gasteiger partial charge in [0, 0.05) is 4.88 Å². The maximum absolute atomic E-state index is 12.4. The van der Waals surface area contributed by atoms with Crippen molar-refractivity contribution in [2.24, 2.45) is 0 Å². The number of fused-ring (bicyclic) bond motifs is 3. The van der Waals surface area contributed by atoms with Crippen LogP contribution in [0.15, 0.2) is 30.3 Å². The minimum Gasteiger partial charge on any atom is -0.451 e. The molecule has 0 spiro atoms. The van der Waals surface area contributed by atoms with Crippen molar-refractivity contribution in [1.29, 1.82) is 0 Å². The van der Waals surface area contributed by atoms with Crippen LogP contribution in [0.4, 0.5) is 0 Å². The van der Waals surface area contributed by atoms with Crippen LogP contribution in [0.1, 0.15) is 34.1 Å². The van der Waals surface area contributed by atoms with E-state index in [9.17, 15) is 18.0 Å². The van der Waals surface area contributed by atoms with Gasteiger partial charge in [0.05, 0.1) is 17.0 Å². The summed E-state index contributed by atoms with van der Waals surface area (Å²) in [5.41, 5.74) is 2.76. The predicted molar refractivity (Wildman–Crippen MR) is 107 cm³/mol. The van der Waals surface area contributed by atoms with Gasteiger partial charge in [-0.05, 0) is 48.9 Å². The van der Waals surface area contributed by atoms with Gasteiger partial charge < -0.3 is 10.1 Å². The van der Waals surface area contributed by atoms with Gasteiger partial charge in [0.2, 0.25) is 0 Å². The molecule has 28 heavy (non-hydrogen) atoms. The normalized spacial score (nSPS) is 22.2. The molecular formula is C20H21NO5S2. The molecule has 1 amide bonds. The van der Waals surface area contributed by atoms with Crippen LogP contribution < -0.4 is 5.32 Å². The molecule has 1 fully saturated rings. The molecule has 1 N–H and O–H groups in total. The molecule has 0 bridgehead atoms. The molecule has 1 atom stereocenters. The predicted octanol–water partition coefficient (Wildman–Crippen LogP) is 2.36. The monoisotopic (exact) mass is 419 g/mol. The van der Waals surface area contributed by atoms with E-state index < -0.39 is 33.9 Å². The third-order valence-corrected chi connectivity index (χ3v) is 8.31. The number of rotatable bonds is 4. The van der Waals surface area contributed by atoms with Crippen molar-refractivity contribution in [3.05, 3.63) is 46.3 Å². The van der Waals surface area contributed by atoms with Crippen LogP contribution in [0.2, 0.25) is 0 Å². The van der Waals surface area contributed by atoms with E-state index in [0.29, 0.717) is 11.3 Å². The zero-order valence-corrected chi connectivity index (χ0v) is 17.1. The highest BCUT2D eigenvalue weighted by atomic mass is 32.2. The summed E-state index contributed by atoms with van der Waals surface area (Å²) in [5.74, 6) is -1.04. The van der Waals surface area contributed by atoms with Gasteiger partial charge >= 0.3 is 5.97 Å². The van der Waals surface area contributed by atoms with E-state index in [1.54, 1.807) is 6.92 Å². The van der Waals surface area contributed by atoms with Gasteiger partial charge in [0.15, 0.2) is 16.4 Å². The molecule has 1 aliphatic carbocycles. The molecule has 4 rings (SSSR count). The summed E-state index contributed by atoms with van der Waals surface area (Å²) in [7, 11) is -3.12. The Labute approximate surface area is 167 Å². The SMILES string of the molecule is CC1(NC(=O)COC(=O)c2cc3c(s2)-c2ccccc2CC3)CCS(=O)(=O)C1. The largest absolute Gasteiger partial charge is 0.451 e. The summed E-state index contributed by atoms with van der Waals surface area (Å²) in [6, 6.07) is 10.0. The van der Waals surface area contributed by atoms with Crippen LogP contribution in [0.3, 0.4) is 0 Å². The first-order valence-electron chi connectivity index (χ1n) is 9.14. The number of carbonyl (C=O) groups is 2. The van der Waals surface area contributed by atoms with Gasteiger partial charge in [-0.15, -0.1) is 11.3 Å². The Hall–Kier alpha value is -2.19. The Morgan fingerprint density at radius 1 is 1.21 bits per heavy atom. The van der Waals surface area contributed by atoms with E-state index in [2.05, 4.69) is 17.4 Å². The number of sulfone groups is 1. The van der Waals surface area contributed by atoms with Crippen LogP contribution >= 0.6 is 11.3 Å². The summed E-state index contributed by atoms with van der Waals surface area (Å²) >= 11 is 1.38. The molecule has 8 heteroatoms. The third-order valence-electron chi connectivity index (χ3n) is 5.21. The summed E-state index contributed by atoms with van der Waals surface area (Å²) in [5, 5.41) is 2.69. The molecule has 1 saturated heterocycles. The lowest BCUT2D eigenvalue weighted by Gasteiger charge is -2.23. The van der Waals surface area contributed by atoms with E-state index in [-0.39, 0.29) is 11.5 Å². The number of hydrogen-bond donors (Lipinski definition) is 1. The second-order valence-electron chi connectivity index (χ2n) is 7.65. The highest BCUT2D eigenvalue weighted by molar-refractivity contribution is 7.91. The molecule has 1 aliphatic heterocycles. The van der Waals surface area contributed by atoms with E-state index in [0.717, 1.165) is 28.8 Å². The van der Waals surface area contributed by atoms with Crippen LogP contribution in [0.25, 0.3) is 10.4 Å². The average molecular weight is 420 g/mol. The van der Waals surface area contributed by atoms with Crippen molar-refractivity contribution < 1.29 is 22.7 Å². The number of ether oxygens (including phenoxy) is 1. The topological polar surface area (TPSA) is 89.5 Å². The second-order valence-corrected chi connectivity index (χ2v) is 10.9. The highest BCUT2D eigenvalue weighted by Gasteiger charge is 2.39. The number of benzene rings is 1. The smallest absolute Gasteiger partial charge is 0.348 e. The van der Waals surface area contributed by atoms with Crippen molar-refractivity contribution in [3.63, 3.8) is 0 Å². The second kappa shape index (κ2) is 7.00. The number of thiophene rings is 1. The van der Waals surface area contributed by atoms with Gasteiger partial charge in [-0.2, -0.15) is 0 Å². The fourth-order valence-electron chi connectivity index (χ4n) is 3.86. The molecular weight excluding hydrogens is 398 g/mol. The Bertz CT molecular complexity index is 1060. The van der Waals surface area contributed by atoms with E-state index >= 15 is 0 Å². The van der Waals surface area contributed by atoms with E-state index in [1.807, 2.05) is 18.2 Å². The lowest BCUT2D eigenvalue weighted by molar-refractivity contribution is -0.125. The first kappa shape index (κ1) is 19.1. The molecule has 6 nitrogen and oxygen atoms in total. The standard InChI is InChI=1S/C20H21NO5S2/c1-20(8-9-28(24,25)12-20)21-17(22)11-26-19(23)16-10-14-7-6-13-4-2-3-5-15(13)18(14)27-16/h2-5,10H,6-9,11-12H2,1H3,(H,21,22). The Morgan fingerprint density at radius 2 is 1.96 bits per heavy atom. The van der Waals surface area contributed by atoms with Gasteiger partial charge in [0.25, 0.3) is 5.91 Å². The van der Waals surface area contributed by atoms with Crippen LogP contribution in [-0.2, 0) is 32.2 Å². The number of aryl methyl sites for hydroxylation is 2.